The van der Waals surface area contributed by atoms with E-state index in [1.165, 1.54) is 19.3 Å². The Balaban J connectivity index is 1.85. The molecule has 1 atom stereocenters. The van der Waals surface area contributed by atoms with E-state index in [9.17, 15) is 4.79 Å². The predicted molar refractivity (Wildman–Crippen MR) is 91.0 cm³/mol. The van der Waals surface area contributed by atoms with Crippen LogP contribution in [0.1, 0.15) is 43.0 Å². The molecule has 1 amide bonds. The van der Waals surface area contributed by atoms with Gasteiger partial charge in [0.2, 0.25) is 0 Å². The summed E-state index contributed by atoms with van der Waals surface area (Å²) in [6.45, 7) is 5.29. The lowest BCUT2D eigenvalue weighted by molar-refractivity contribution is 0.0932. The molecule has 0 aromatic heterocycles. The van der Waals surface area contributed by atoms with Gasteiger partial charge in [0, 0.05) is 19.2 Å². The fourth-order valence-corrected chi connectivity index (χ4v) is 2.72. The molecule has 0 spiro atoms. The highest BCUT2D eigenvalue weighted by Gasteiger charge is 2.15. The standard InChI is InChI=1S/C18H28N2O3/c1-2-22-12-13-23-17-10-6-5-9-16(17)18(21)20-14-15-8-4-3-7-11-19-15/h5-6,9-10,15,19H,2-4,7-8,11-14H2,1H3,(H,20,21). The zero-order valence-corrected chi connectivity index (χ0v) is 14.0. The minimum atomic E-state index is -0.0805. The molecule has 1 aliphatic heterocycles. The summed E-state index contributed by atoms with van der Waals surface area (Å²) in [4.78, 5) is 12.4. The van der Waals surface area contributed by atoms with E-state index in [2.05, 4.69) is 10.6 Å². The molecular formula is C18H28N2O3. The normalized spacial score (nSPS) is 18.2. The molecule has 0 bridgehead atoms. The number of amides is 1. The van der Waals surface area contributed by atoms with Crippen LogP contribution >= 0.6 is 0 Å². The van der Waals surface area contributed by atoms with Crippen molar-refractivity contribution in [2.24, 2.45) is 0 Å². The summed E-state index contributed by atoms with van der Waals surface area (Å²) in [6, 6.07) is 7.72. The SMILES string of the molecule is CCOCCOc1ccccc1C(=O)NCC1CCCCCN1. The fraction of sp³-hybridized carbons (Fsp3) is 0.611. The fourth-order valence-electron chi connectivity index (χ4n) is 2.72. The molecular weight excluding hydrogens is 292 g/mol. The predicted octanol–water partition coefficient (Wildman–Crippen LogP) is 2.36. The van der Waals surface area contributed by atoms with Gasteiger partial charge in [-0.15, -0.1) is 0 Å². The van der Waals surface area contributed by atoms with Crippen LogP contribution in [0.2, 0.25) is 0 Å². The molecule has 1 unspecified atom stereocenters. The van der Waals surface area contributed by atoms with Crippen LogP contribution in [0.5, 0.6) is 5.75 Å². The van der Waals surface area contributed by atoms with Gasteiger partial charge in [-0.1, -0.05) is 25.0 Å². The van der Waals surface area contributed by atoms with E-state index in [1.54, 1.807) is 6.07 Å². The first-order valence-corrected chi connectivity index (χ1v) is 8.62. The van der Waals surface area contributed by atoms with Gasteiger partial charge in [0.25, 0.3) is 5.91 Å². The average Bonchev–Trinajstić information content (AvgIpc) is 2.86. The highest BCUT2D eigenvalue weighted by atomic mass is 16.5. The number of hydrogen-bond acceptors (Lipinski definition) is 4. The summed E-state index contributed by atoms with van der Waals surface area (Å²) >= 11 is 0. The largest absolute Gasteiger partial charge is 0.490 e. The van der Waals surface area contributed by atoms with Gasteiger partial charge in [0.15, 0.2) is 0 Å². The van der Waals surface area contributed by atoms with Crippen LogP contribution < -0.4 is 15.4 Å². The van der Waals surface area contributed by atoms with Gasteiger partial charge in [0.05, 0.1) is 12.2 Å². The average molecular weight is 320 g/mol. The summed E-state index contributed by atoms with van der Waals surface area (Å²) in [5.74, 6) is 0.529. The maximum Gasteiger partial charge on any atom is 0.255 e. The molecule has 1 saturated heterocycles. The van der Waals surface area contributed by atoms with Crippen molar-refractivity contribution < 1.29 is 14.3 Å². The summed E-state index contributed by atoms with van der Waals surface area (Å²) < 4.78 is 10.9. The van der Waals surface area contributed by atoms with E-state index in [1.807, 2.05) is 25.1 Å². The second-order valence-electron chi connectivity index (χ2n) is 5.75. The van der Waals surface area contributed by atoms with Gasteiger partial charge >= 0.3 is 0 Å². The number of ether oxygens (including phenoxy) is 2. The topological polar surface area (TPSA) is 59.6 Å². The van der Waals surface area contributed by atoms with Gasteiger partial charge in [-0.2, -0.15) is 0 Å². The van der Waals surface area contributed by atoms with Crippen LogP contribution in [0.25, 0.3) is 0 Å². The minimum absolute atomic E-state index is 0.0805. The molecule has 2 rings (SSSR count). The number of hydrogen-bond donors (Lipinski definition) is 2. The third kappa shape index (κ3) is 6.20. The van der Waals surface area contributed by atoms with E-state index in [0.29, 0.717) is 43.7 Å². The zero-order valence-electron chi connectivity index (χ0n) is 14.0. The van der Waals surface area contributed by atoms with Crippen molar-refractivity contribution in [1.82, 2.24) is 10.6 Å². The lowest BCUT2D eigenvalue weighted by Crippen LogP contribution is -2.40. The summed E-state index contributed by atoms with van der Waals surface area (Å²) in [7, 11) is 0. The van der Waals surface area contributed by atoms with Crippen LogP contribution in [0.3, 0.4) is 0 Å². The van der Waals surface area contributed by atoms with Crippen LogP contribution in [-0.2, 0) is 4.74 Å². The van der Waals surface area contributed by atoms with Gasteiger partial charge in [-0.3, -0.25) is 4.79 Å². The van der Waals surface area contributed by atoms with Gasteiger partial charge < -0.3 is 20.1 Å². The van der Waals surface area contributed by atoms with Crippen LogP contribution in [0.4, 0.5) is 0 Å². The Bertz CT molecular complexity index is 471. The number of para-hydroxylation sites is 1. The first-order valence-electron chi connectivity index (χ1n) is 8.62. The summed E-state index contributed by atoms with van der Waals surface area (Å²) in [5, 5.41) is 6.51. The van der Waals surface area contributed by atoms with Gasteiger partial charge in [-0.05, 0) is 38.4 Å². The van der Waals surface area contributed by atoms with Crippen molar-refractivity contribution in [1.29, 1.82) is 0 Å². The molecule has 1 aliphatic rings. The molecule has 1 heterocycles. The molecule has 23 heavy (non-hydrogen) atoms. The number of carbonyl (C=O) groups is 1. The molecule has 2 N–H and O–H groups in total. The number of rotatable bonds is 8. The van der Waals surface area contributed by atoms with Gasteiger partial charge in [-0.25, -0.2) is 0 Å². The first kappa shape index (κ1) is 17.8. The second kappa shape index (κ2) is 10.2. The molecule has 1 fully saturated rings. The first-order chi connectivity index (χ1) is 11.3. The van der Waals surface area contributed by atoms with E-state index >= 15 is 0 Å². The van der Waals surface area contributed by atoms with Gasteiger partial charge in [0.1, 0.15) is 12.4 Å². The Morgan fingerprint density at radius 3 is 3.00 bits per heavy atom. The Labute approximate surface area is 138 Å². The van der Waals surface area contributed by atoms with E-state index < -0.39 is 0 Å². The van der Waals surface area contributed by atoms with Crippen molar-refractivity contribution in [2.75, 3.05) is 32.9 Å². The molecule has 0 radical (unpaired) electrons. The van der Waals surface area contributed by atoms with E-state index in [0.717, 1.165) is 13.0 Å². The maximum absolute atomic E-state index is 12.4. The molecule has 5 heteroatoms. The highest BCUT2D eigenvalue weighted by molar-refractivity contribution is 5.96. The van der Waals surface area contributed by atoms with Crippen LogP contribution in [0, 0.1) is 0 Å². The zero-order chi connectivity index (χ0) is 16.3. The van der Waals surface area contributed by atoms with Crippen molar-refractivity contribution in [3.8, 4) is 5.75 Å². The molecule has 1 aromatic rings. The van der Waals surface area contributed by atoms with Crippen LogP contribution in [-0.4, -0.2) is 44.9 Å². The quantitative estimate of drug-likeness (QED) is 0.722. The minimum Gasteiger partial charge on any atom is -0.490 e. The smallest absolute Gasteiger partial charge is 0.255 e. The molecule has 0 aliphatic carbocycles. The third-order valence-corrected chi connectivity index (χ3v) is 3.99. The van der Waals surface area contributed by atoms with Crippen molar-refractivity contribution in [3.05, 3.63) is 29.8 Å². The molecule has 128 valence electrons. The number of benzene rings is 1. The second-order valence-corrected chi connectivity index (χ2v) is 5.75. The molecule has 5 nitrogen and oxygen atoms in total. The van der Waals surface area contributed by atoms with Crippen LogP contribution in [0.15, 0.2) is 24.3 Å². The van der Waals surface area contributed by atoms with E-state index in [-0.39, 0.29) is 5.91 Å². The number of nitrogens with one attached hydrogen (secondary N) is 2. The number of carbonyl (C=O) groups excluding carboxylic acids is 1. The molecule has 1 aromatic carbocycles. The summed E-state index contributed by atoms with van der Waals surface area (Å²) in [6.07, 6.45) is 4.84. The molecule has 0 saturated carbocycles. The Morgan fingerprint density at radius 2 is 2.13 bits per heavy atom. The monoisotopic (exact) mass is 320 g/mol. The Hall–Kier alpha value is -1.59. The maximum atomic E-state index is 12.4. The Kier molecular flexibility index (Phi) is 7.90. The lowest BCUT2D eigenvalue weighted by Gasteiger charge is -2.17. The lowest BCUT2D eigenvalue weighted by atomic mass is 10.1. The van der Waals surface area contributed by atoms with Crippen molar-refractivity contribution in [2.45, 2.75) is 38.6 Å². The van der Waals surface area contributed by atoms with E-state index in [4.69, 9.17) is 9.47 Å². The highest BCUT2D eigenvalue weighted by Crippen LogP contribution is 2.18. The van der Waals surface area contributed by atoms with Crippen molar-refractivity contribution in [3.63, 3.8) is 0 Å². The third-order valence-electron chi connectivity index (χ3n) is 3.99. The van der Waals surface area contributed by atoms with Crippen molar-refractivity contribution >= 4 is 5.91 Å². The Morgan fingerprint density at radius 1 is 1.26 bits per heavy atom. The summed E-state index contributed by atoms with van der Waals surface area (Å²) in [5.41, 5.74) is 0.581.